The van der Waals surface area contributed by atoms with Gasteiger partial charge >= 0.3 is 0 Å². The number of methoxy groups -OCH3 is 1. The third-order valence-electron chi connectivity index (χ3n) is 4.07. The van der Waals surface area contributed by atoms with Gasteiger partial charge in [-0.1, -0.05) is 12.1 Å². The van der Waals surface area contributed by atoms with E-state index in [1.54, 1.807) is 20.1 Å². The van der Waals surface area contributed by atoms with Crippen LogP contribution in [0.5, 0.6) is 0 Å². The molecule has 116 valence electrons. The zero-order chi connectivity index (χ0) is 15.4. The lowest BCUT2D eigenvalue weighted by atomic mass is 9.85. The van der Waals surface area contributed by atoms with Gasteiger partial charge in [-0.2, -0.15) is 0 Å². The number of hydrogen-bond donors (Lipinski definition) is 1. The van der Waals surface area contributed by atoms with E-state index in [9.17, 15) is 10.1 Å². The zero-order valence-corrected chi connectivity index (χ0v) is 12.7. The van der Waals surface area contributed by atoms with Crippen LogP contribution < -0.4 is 5.32 Å². The molecule has 1 N–H and O–H groups in total. The van der Waals surface area contributed by atoms with E-state index in [1.165, 1.54) is 6.07 Å². The quantitative estimate of drug-likeness (QED) is 0.616. The normalized spacial score (nSPS) is 24.6. The maximum Gasteiger partial charge on any atom is 0.272 e. The van der Waals surface area contributed by atoms with Crippen LogP contribution >= 0.6 is 0 Å². The second-order valence-electron chi connectivity index (χ2n) is 5.24. The summed E-state index contributed by atoms with van der Waals surface area (Å²) >= 11 is 0. The van der Waals surface area contributed by atoms with Crippen molar-refractivity contribution in [2.75, 3.05) is 13.7 Å². The van der Waals surface area contributed by atoms with E-state index in [4.69, 9.17) is 9.47 Å². The van der Waals surface area contributed by atoms with Gasteiger partial charge in [0.25, 0.3) is 5.69 Å². The minimum absolute atomic E-state index is 0.0453. The van der Waals surface area contributed by atoms with Gasteiger partial charge in [0.1, 0.15) is 0 Å². The van der Waals surface area contributed by atoms with E-state index < -0.39 is 0 Å². The monoisotopic (exact) mass is 294 g/mol. The van der Waals surface area contributed by atoms with Gasteiger partial charge in [-0.3, -0.25) is 10.1 Å². The largest absolute Gasteiger partial charge is 0.377 e. The van der Waals surface area contributed by atoms with Gasteiger partial charge in [0, 0.05) is 37.9 Å². The first kappa shape index (κ1) is 15.9. The number of nitrogens with one attached hydrogen (secondary N) is 1. The van der Waals surface area contributed by atoms with Crippen molar-refractivity contribution in [1.29, 1.82) is 0 Å². The second-order valence-corrected chi connectivity index (χ2v) is 5.24. The molecule has 1 aromatic rings. The van der Waals surface area contributed by atoms with Crippen LogP contribution in [0.1, 0.15) is 24.5 Å². The minimum atomic E-state index is -0.342. The van der Waals surface area contributed by atoms with Crippen LogP contribution in [-0.2, 0) is 16.0 Å². The molecule has 0 spiro atoms. The fraction of sp³-hybridized carbons (Fsp3) is 0.600. The Kier molecular flexibility index (Phi) is 5.27. The van der Waals surface area contributed by atoms with E-state index in [-0.39, 0.29) is 28.9 Å². The summed E-state index contributed by atoms with van der Waals surface area (Å²) in [6, 6.07) is 5.39. The van der Waals surface area contributed by atoms with Crippen molar-refractivity contribution in [3.63, 3.8) is 0 Å². The van der Waals surface area contributed by atoms with Crippen molar-refractivity contribution in [1.82, 2.24) is 5.32 Å². The van der Waals surface area contributed by atoms with Crippen molar-refractivity contribution >= 4 is 5.69 Å². The Labute approximate surface area is 124 Å². The zero-order valence-electron chi connectivity index (χ0n) is 12.7. The molecule has 1 aliphatic rings. The summed E-state index contributed by atoms with van der Waals surface area (Å²) in [6.07, 6.45) is 1.09. The fourth-order valence-electron chi connectivity index (χ4n) is 2.77. The molecule has 21 heavy (non-hydrogen) atoms. The molecule has 1 aliphatic carbocycles. The Morgan fingerprint density at radius 3 is 2.86 bits per heavy atom. The van der Waals surface area contributed by atoms with Crippen LogP contribution in [0.2, 0.25) is 0 Å². The van der Waals surface area contributed by atoms with Crippen LogP contribution in [0.4, 0.5) is 5.69 Å². The molecule has 0 saturated heterocycles. The second kappa shape index (κ2) is 6.98. The number of hydrogen-bond acceptors (Lipinski definition) is 5. The lowest BCUT2D eigenvalue weighted by Crippen LogP contribution is -2.59. The van der Waals surface area contributed by atoms with Gasteiger partial charge in [0.2, 0.25) is 0 Å². The van der Waals surface area contributed by atoms with Crippen molar-refractivity contribution in [3.05, 3.63) is 39.4 Å². The van der Waals surface area contributed by atoms with E-state index in [0.29, 0.717) is 18.7 Å². The molecule has 0 aliphatic heterocycles. The highest BCUT2D eigenvalue weighted by Crippen LogP contribution is 2.28. The first-order chi connectivity index (χ1) is 10.1. The van der Waals surface area contributed by atoms with Crippen LogP contribution in [0.3, 0.4) is 0 Å². The first-order valence-corrected chi connectivity index (χ1v) is 7.19. The predicted octanol–water partition coefficient (Wildman–Crippen LogP) is 2.19. The predicted molar refractivity (Wildman–Crippen MR) is 79.3 cm³/mol. The Morgan fingerprint density at radius 1 is 1.48 bits per heavy atom. The van der Waals surface area contributed by atoms with Gasteiger partial charge in [0.15, 0.2) is 0 Å². The van der Waals surface area contributed by atoms with Gasteiger partial charge in [-0.15, -0.1) is 0 Å². The first-order valence-electron chi connectivity index (χ1n) is 7.19. The fourth-order valence-corrected chi connectivity index (χ4v) is 2.77. The lowest BCUT2D eigenvalue weighted by Gasteiger charge is -2.43. The molecule has 0 heterocycles. The number of ether oxygens (including phenoxy) is 2. The maximum atomic E-state index is 10.9. The summed E-state index contributed by atoms with van der Waals surface area (Å²) < 4.78 is 11.0. The molecule has 3 atom stereocenters. The van der Waals surface area contributed by atoms with Gasteiger partial charge in [0.05, 0.1) is 17.1 Å². The highest BCUT2D eigenvalue weighted by molar-refractivity contribution is 5.44. The third kappa shape index (κ3) is 3.40. The van der Waals surface area contributed by atoms with Gasteiger partial charge < -0.3 is 14.8 Å². The number of nitro groups is 1. The van der Waals surface area contributed by atoms with Crippen LogP contribution in [0, 0.1) is 17.0 Å². The number of benzene rings is 1. The molecule has 6 nitrogen and oxygen atoms in total. The van der Waals surface area contributed by atoms with Crippen LogP contribution in [0.25, 0.3) is 0 Å². The maximum absolute atomic E-state index is 10.9. The average molecular weight is 294 g/mol. The molecule has 0 bridgehead atoms. The molecule has 1 aromatic carbocycles. The average Bonchev–Trinajstić information content (AvgIpc) is 2.43. The topological polar surface area (TPSA) is 73.6 Å². The summed E-state index contributed by atoms with van der Waals surface area (Å²) in [4.78, 5) is 10.6. The molecule has 1 saturated carbocycles. The van der Waals surface area contributed by atoms with Crippen molar-refractivity contribution in [2.24, 2.45) is 0 Å². The SMILES string of the molecule is CCOC1CC(NCc2cccc([N+](=O)[O-])c2C)C1OC. The Hall–Kier alpha value is -1.50. The number of rotatable bonds is 7. The van der Waals surface area contributed by atoms with E-state index >= 15 is 0 Å². The van der Waals surface area contributed by atoms with E-state index in [2.05, 4.69) is 5.32 Å². The highest BCUT2D eigenvalue weighted by atomic mass is 16.6. The Balaban J connectivity index is 1.95. The summed E-state index contributed by atoms with van der Waals surface area (Å²) in [6.45, 7) is 5.03. The number of nitro benzene ring substituents is 1. The van der Waals surface area contributed by atoms with Gasteiger partial charge in [-0.05, 0) is 25.8 Å². The minimum Gasteiger partial charge on any atom is -0.377 e. The van der Waals surface area contributed by atoms with Gasteiger partial charge in [-0.25, -0.2) is 0 Å². The van der Waals surface area contributed by atoms with Crippen molar-refractivity contribution < 1.29 is 14.4 Å². The molecular formula is C15H22N2O4. The summed E-state index contributed by atoms with van der Waals surface area (Å²) in [5.74, 6) is 0. The molecule has 0 radical (unpaired) electrons. The van der Waals surface area contributed by atoms with Crippen molar-refractivity contribution in [3.8, 4) is 0 Å². The molecule has 3 unspecified atom stereocenters. The van der Waals surface area contributed by atoms with E-state index in [0.717, 1.165) is 12.0 Å². The highest BCUT2D eigenvalue weighted by Gasteiger charge is 2.41. The van der Waals surface area contributed by atoms with Crippen molar-refractivity contribution in [2.45, 2.75) is 45.1 Å². The van der Waals surface area contributed by atoms with Crippen LogP contribution in [0.15, 0.2) is 18.2 Å². The summed E-state index contributed by atoms with van der Waals surface area (Å²) in [7, 11) is 1.68. The molecule has 0 aromatic heterocycles. The third-order valence-corrected chi connectivity index (χ3v) is 4.07. The molecular weight excluding hydrogens is 272 g/mol. The molecule has 2 rings (SSSR count). The number of nitrogens with zero attached hydrogens (tertiary/aromatic N) is 1. The smallest absolute Gasteiger partial charge is 0.272 e. The Morgan fingerprint density at radius 2 is 2.24 bits per heavy atom. The lowest BCUT2D eigenvalue weighted by molar-refractivity contribution is -0.385. The summed E-state index contributed by atoms with van der Waals surface area (Å²) in [5.41, 5.74) is 1.82. The Bertz CT molecular complexity index is 506. The van der Waals surface area contributed by atoms with E-state index in [1.807, 2.05) is 13.0 Å². The molecule has 6 heteroatoms. The summed E-state index contributed by atoms with van der Waals surface area (Å²) in [5, 5.41) is 14.3. The molecule has 1 fully saturated rings. The standard InChI is InChI=1S/C15H22N2O4/c1-4-21-14-8-12(15(14)20-3)16-9-11-6-5-7-13(10(11)2)17(18)19/h5-7,12,14-16H,4,8-9H2,1-3H3. The molecule has 0 amide bonds. The van der Waals surface area contributed by atoms with Crippen LogP contribution in [-0.4, -0.2) is 36.9 Å².